The molecule has 0 spiro atoms. The van der Waals surface area contributed by atoms with Gasteiger partial charge in [0.15, 0.2) is 0 Å². The molecule has 1 atom stereocenters. The standard InChI is InChI=1S/C24H18NOSi/c27-23-14-15(13-19-18-9-3-6-12-22(18)26-24(19)23)25-20-10-4-1-7-16(20)17-8-2-5-11-21(17)25/h1-4,6-10,13-14,22H,5,11-12H2. The van der Waals surface area contributed by atoms with E-state index >= 15 is 0 Å². The summed E-state index contributed by atoms with van der Waals surface area (Å²) in [5.41, 5.74) is 7.74. The van der Waals surface area contributed by atoms with Gasteiger partial charge in [-0.25, -0.2) is 0 Å². The number of nitrogens with zero attached hydrogens (tertiary/aromatic N) is 1. The van der Waals surface area contributed by atoms with E-state index in [-0.39, 0.29) is 6.10 Å². The lowest BCUT2D eigenvalue weighted by atomic mass is 9.96. The van der Waals surface area contributed by atoms with Gasteiger partial charge in [-0.3, -0.25) is 0 Å². The van der Waals surface area contributed by atoms with Gasteiger partial charge < -0.3 is 9.30 Å². The summed E-state index contributed by atoms with van der Waals surface area (Å²) in [4.78, 5) is 0. The van der Waals surface area contributed by atoms with Gasteiger partial charge in [0.1, 0.15) is 11.9 Å². The maximum atomic E-state index is 6.23. The Morgan fingerprint density at radius 3 is 3.00 bits per heavy atom. The van der Waals surface area contributed by atoms with Gasteiger partial charge >= 0.3 is 0 Å². The van der Waals surface area contributed by atoms with E-state index < -0.39 is 0 Å². The molecule has 0 saturated carbocycles. The van der Waals surface area contributed by atoms with E-state index in [0.29, 0.717) is 0 Å². The average Bonchev–Trinajstić information content (AvgIpc) is 3.24. The van der Waals surface area contributed by atoms with Crippen LogP contribution < -0.4 is 9.92 Å². The van der Waals surface area contributed by atoms with E-state index in [4.69, 9.17) is 4.74 Å². The molecule has 129 valence electrons. The van der Waals surface area contributed by atoms with Gasteiger partial charge in [-0.2, -0.15) is 0 Å². The number of aromatic nitrogens is 1. The van der Waals surface area contributed by atoms with Crippen LogP contribution in [0, 0.1) is 0 Å². The first-order chi connectivity index (χ1) is 13.3. The minimum atomic E-state index is 0.147. The summed E-state index contributed by atoms with van der Waals surface area (Å²) in [6.45, 7) is 0. The lowest BCUT2D eigenvalue weighted by molar-refractivity contribution is 0.281. The van der Waals surface area contributed by atoms with Gasteiger partial charge in [-0.1, -0.05) is 48.6 Å². The molecule has 3 heteroatoms. The van der Waals surface area contributed by atoms with Crippen LogP contribution in [0.5, 0.6) is 5.75 Å². The van der Waals surface area contributed by atoms with Crippen LogP contribution in [0.4, 0.5) is 0 Å². The van der Waals surface area contributed by atoms with Crippen molar-refractivity contribution in [2.45, 2.75) is 25.4 Å². The summed E-state index contributed by atoms with van der Waals surface area (Å²) >= 11 is 0. The molecular formula is C24H18NOSi. The van der Waals surface area contributed by atoms with E-state index in [9.17, 15) is 0 Å². The van der Waals surface area contributed by atoms with Gasteiger partial charge in [0.2, 0.25) is 0 Å². The molecule has 27 heavy (non-hydrogen) atoms. The lowest BCUT2D eigenvalue weighted by Crippen LogP contribution is -2.15. The highest BCUT2D eigenvalue weighted by molar-refractivity contribution is 6.35. The zero-order chi connectivity index (χ0) is 18.0. The Labute approximate surface area is 161 Å². The quantitative estimate of drug-likeness (QED) is 0.581. The SMILES string of the molecule is [Si]c1cc(-n2c3c(c4ccccc42)C=CCC3)cc2c1OC1CC=CC=C21. The Kier molecular flexibility index (Phi) is 3.17. The van der Waals surface area contributed by atoms with Crippen molar-refractivity contribution >= 4 is 38.0 Å². The Hall–Kier alpha value is -2.78. The monoisotopic (exact) mass is 364 g/mol. The van der Waals surface area contributed by atoms with Crippen LogP contribution >= 0.6 is 0 Å². The van der Waals surface area contributed by atoms with Gasteiger partial charge in [0.25, 0.3) is 0 Å². The third-order valence-electron chi connectivity index (χ3n) is 5.86. The van der Waals surface area contributed by atoms with E-state index in [0.717, 1.165) is 30.2 Å². The van der Waals surface area contributed by atoms with Gasteiger partial charge in [-0.15, -0.1) is 0 Å². The van der Waals surface area contributed by atoms with Crippen molar-refractivity contribution in [3.8, 4) is 11.4 Å². The van der Waals surface area contributed by atoms with Crippen molar-refractivity contribution in [3.63, 3.8) is 0 Å². The van der Waals surface area contributed by atoms with Crippen molar-refractivity contribution in [1.82, 2.24) is 4.57 Å². The number of rotatable bonds is 1. The molecule has 0 N–H and O–H groups in total. The first kappa shape index (κ1) is 15.3. The Balaban J connectivity index is 1.64. The highest BCUT2D eigenvalue weighted by atomic mass is 28.1. The van der Waals surface area contributed by atoms with Crippen molar-refractivity contribution in [2.75, 3.05) is 0 Å². The molecule has 2 nitrogen and oxygen atoms in total. The summed E-state index contributed by atoms with van der Waals surface area (Å²) in [6, 6.07) is 13.2. The van der Waals surface area contributed by atoms with Crippen LogP contribution in [0.1, 0.15) is 29.7 Å². The minimum absolute atomic E-state index is 0.147. The van der Waals surface area contributed by atoms with E-state index in [1.54, 1.807) is 0 Å². The van der Waals surface area contributed by atoms with E-state index in [2.05, 4.69) is 81.6 Å². The van der Waals surface area contributed by atoms with E-state index in [1.807, 2.05) is 0 Å². The van der Waals surface area contributed by atoms with Crippen LogP contribution in [0.2, 0.25) is 0 Å². The summed E-state index contributed by atoms with van der Waals surface area (Å²) in [5, 5.41) is 2.35. The van der Waals surface area contributed by atoms with E-state index in [1.165, 1.54) is 39.0 Å². The fourth-order valence-corrected chi connectivity index (χ4v) is 5.02. The molecule has 2 aliphatic carbocycles. The molecule has 1 aromatic heterocycles. The molecule has 0 saturated heterocycles. The maximum Gasteiger partial charge on any atom is 0.128 e. The Bertz CT molecular complexity index is 1190. The molecule has 6 rings (SSSR count). The number of fused-ring (bicyclic) bond motifs is 6. The van der Waals surface area contributed by atoms with Crippen molar-refractivity contribution < 1.29 is 4.74 Å². The summed E-state index contributed by atoms with van der Waals surface area (Å²) < 4.78 is 8.66. The average molecular weight is 365 g/mol. The summed E-state index contributed by atoms with van der Waals surface area (Å²) in [6.07, 6.45) is 14.3. The summed E-state index contributed by atoms with van der Waals surface area (Å²) in [5.74, 6) is 0.973. The predicted molar refractivity (Wildman–Crippen MR) is 112 cm³/mol. The molecule has 2 aromatic carbocycles. The Morgan fingerprint density at radius 1 is 1.11 bits per heavy atom. The second-order valence-corrected chi connectivity index (χ2v) is 7.96. The molecule has 3 aromatic rings. The molecule has 3 aliphatic rings. The van der Waals surface area contributed by atoms with Crippen LogP contribution in [0.15, 0.2) is 60.7 Å². The van der Waals surface area contributed by atoms with Crippen molar-refractivity contribution in [2.24, 2.45) is 0 Å². The zero-order valence-electron chi connectivity index (χ0n) is 14.9. The third-order valence-corrected chi connectivity index (χ3v) is 6.23. The molecule has 0 amide bonds. The minimum Gasteiger partial charge on any atom is -0.485 e. The number of hydrogen-bond donors (Lipinski definition) is 0. The van der Waals surface area contributed by atoms with Crippen molar-refractivity contribution in [1.29, 1.82) is 0 Å². The maximum absolute atomic E-state index is 6.23. The van der Waals surface area contributed by atoms with Gasteiger partial charge in [0, 0.05) is 39.9 Å². The third kappa shape index (κ3) is 2.12. The zero-order valence-corrected chi connectivity index (χ0v) is 15.9. The number of benzene rings is 2. The fourth-order valence-electron chi connectivity index (χ4n) is 4.68. The first-order valence-corrected chi connectivity index (χ1v) is 10.0. The van der Waals surface area contributed by atoms with Crippen LogP contribution in [0.3, 0.4) is 0 Å². The van der Waals surface area contributed by atoms with Crippen LogP contribution in [-0.2, 0) is 6.42 Å². The fraction of sp³-hybridized carbons (Fsp3) is 0.167. The predicted octanol–water partition coefficient (Wildman–Crippen LogP) is 4.49. The van der Waals surface area contributed by atoms with Crippen LogP contribution in [0.25, 0.3) is 28.2 Å². The van der Waals surface area contributed by atoms with Gasteiger partial charge in [-0.05, 0) is 36.2 Å². The molecule has 1 unspecified atom stereocenters. The topological polar surface area (TPSA) is 14.2 Å². The molecule has 0 bridgehead atoms. The first-order valence-electron chi connectivity index (χ1n) is 9.54. The number of ether oxygens (including phenoxy) is 1. The highest BCUT2D eigenvalue weighted by Gasteiger charge is 2.31. The molecule has 0 fully saturated rings. The number of hydrogen-bond acceptors (Lipinski definition) is 1. The van der Waals surface area contributed by atoms with Crippen molar-refractivity contribution in [3.05, 3.63) is 77.5 Å². The molecule has 3 radical (unpaired) electrons. The smallest absolute Gasteiger partial charge is 0.128 e. The normalized spacial score (nSPS) is 19.4. The second-order valence-electron chi connectivity index (χ2n) is 7.42. The largest absolute Gasteiger partial charge is 0.485 e. The van der Waals surface area contributed by atoms with Crippen LogP contribution in [-0.4, -0.2) is 20.9 Å². The lowest BCUT2D eigenvalue weighted by Gasteiger charge is -2.15. The number of para-hydroxylation sites is 1. The molecule has 1 aliphatic heterocycles. The highest BCUT2D eigenvalue weighted by Crippen LogP contribution is 2.41. The molecule has 2 heterocycles. The molecular weight excluding hydrogens is 346 g/mol. The Morgan fingerprint density at radius 2 is 2.04 bits per heavy atom. The second kappa shape index (κ2) is 5.60. The summed E-state index contributed by atoms with van der Waals surface area (Å²) in [7, 11) is 3.84. The van der Waals surface area contributed by atoms with Gasteiger partial charge in [0.05, 0.1) is 15.8 Å². The number of allylic oxidation sites excluding steroid dienone is 3.